The predicted molar refractivity (Wildman–Crippen MR) is 173 cm³/mol. The number of hydrogen-bond acceptors (Lipinski definition) is 7. The van der Waals surface area contributed by atoms with E-state index in [9.17, 15) is 19.8 Å². The lowest BCUT2D eigenvalue weighted by atomic mass is 9.53. The molecule has 0 aromatic heterocycles. The van der Waals surface area contributed by atoms with Crippen molar-refractivity contribution in [2.75, 3.05) is 0 Å². The fourth-order valence-electron chi connectivity index (χ4n) is 9.38. The molecule has 3 fully saturated rings. The van der Waals surface area contributed by atoms with Crippen LogP contribution in [0.3, 0.4) is 0 Å². The number of esters is 2. The quantitative estimate of drug-likeness (QED) is 0.238. The molecule has 248 valence electrons. The highest BCUT2D eigenvalue weighted by Crippen LogP contribution is 2.63. The van der Waals surface area contributed by atoms with E-state index in [4.69, 9.17) is 14.2 Å². The number of fused-ring (bicyclic) bond motifs is 3. The number of carbonyl (C=O) groups is 2. The molecule has 1 saturated heterocycles. The molecule has 3 aliphatic carbocycles. The molecule has 5 rings (SSSR count). The van der Waals surface area contributed by atoms with E-state index in [0.717, 1.165) is 37.7 Å². The van der Waals surface area contributed by atoms with Crippen LogP contribution in [0.2, 0.25) is 0 Å². The number of cyclic esters (lactones) is 1. The Morgan fingerprint density at radius 1 is 1.16 bits per heavy atom. The number of carbonyl (C=O) groups excluding carboxylic acids is 2. The summed E-state index contributed by atoms with van der Waals surface area (Å²) in [6, 6.07) is 9.92. The highest BCUT2D eigenvalue weighted by Gasteiger charge is 2.62. The smallest absolute Gasteiger partial charge is 0.338 e. The van der Waals surface area contributed by atoms with Crippen molar-refractivity contribution in [1.82, 2.24) is 0 Å². The Morgan fingerprint density at radius 2 is 1.87 bits per heavy atom. The molecule has 1 aliphatic heterocycles. The Balaban J connectivity index is 1.40. The Bertz CT molecular complexity index is 1270. The summed E-state index contributed by atoms with van der Waals surface area (Å²) in [5.74, 6) is -0.966. The summed E-state index contributed by atoms with van der Waals surface area (Å²) in [7, 11) is 0. The van der Waals surface area contributed by atoms with Crippen LogP contribution >= 0.6 is 0 Å². The van der Waals surface area contributed by atoms with Crippen molar-refractivity contribution in [2.45, 2.75) is 123 Å². The van der Waals surface area contributed by atoms with Gasteiger partial charge in [0.05, 0.1) is 6.61 Å². The van der Waals surface area contributed by atoms with Gasteiger partial charge in [0, 0.05) is 11.8 Å². The zero-order valence-electron chi connectivity index (χ0n) is 28.0. The molecular weight excluding hydrogens is 568 g/mol. The van der Waals surface area contributed by atoms with Crippen LogP contribution in [0.4, 0.5) is 0 Å². The first-order valence-corrected chi connectivity index (χ1v) is 17.1. The number of ether oxygens (including phenoxy) is 3. The summed E-state index contributed by atoms with van der Waals surface area (Å²) in [5.41, 5.74) is 0.970. The third-order valence-electron chi connectivity index (χ3n) is 11.9. The van der Waals surface area contributed by atoms with Crippen LogP contribution in [0.15, 0.2) is 54.1 Å². The molecule has 7 nitrogen and oxygen atoms in total. The van der Waals surface area contributed by atoms with Gasteiger partial charge in [-0.1, -0.05) is 89.1 Å². The number of hydrogen-bond donors (Lipinski definition) is 2. The first-order valence-electron chi connectivity index (χ1n) is 17.1. The van der Waals surface area contributed by atoms with Crippen LogP contribution in [0.1, 0.15) is 92.1 Å². The number of rotatable bonds is 9. The van der Waals surface area contributed by atoms with Crippen molar-refractivity contribution < 1.29 is 34.0 Å². The van der Waals surface area contributed by atoms with Gasteiger partial charge in [-0.05, 0) is 86.2 Å². The summed E-state index contributed by atoms with van der Waals surface area (Å²) < 4.78 is 18.1. The Hall–Kier alpha value is -2.48. The topological polar surface area (TPSA) is 102 Å². The minimum atomic E-state index is -1.76. The zero-order valence-corrected chi connectivity index (χ0v) is 28.0. The third-order valence-corrected chi connectivity index (χ3v) is 11.9. The summed E-state index contributed by atoms with van der Waals surface area (Å²) in [6.07, 6.45) is 4.44. The van der Waals surface area contributed by atoms with Crippen molar-refractivity contribution in [3.8, 4) is 0 Å². The standard InChI is InChI=1S/C38H54O7/c1-8-9-15-31(43-21-26-13-11-10-12-14-26)35(40)45-32-20-37(7)19-28-23(4)16-17-29-25(6)44-36(41)34(39)38(29,42)24(5)27(28)18-30(37)33(32)22(2)3/h10-14,16,22,25,27-34,39,42H,5,8-9,15,17-21H2,1-4,6-7H3/b23-16-. The van der Waals surface area contributed by atoms with Gasteiger partial charge in [0.1, 0.15) is 17.8 Å². The lowest BCUT2D eigenvalue weighted by molar-refractivity contribution is -0.209. The van der Waals surface area contributed by atoms with Gasteiger partial charge in [-0.3, -0.25) is 0 Å². The minimum absolute atomic E-state index is 0.0845. The van der Waals surface area contributed by atoms with E-state index in [1.165, 1.54) is 5.57 Å². The molecule has 0 amide bonds. The third kappa shape index (κ3) is 6.29. The molecule has 7 heteroatoms. The molecule has 2 saturated carbocycles. The molecule has 4 aliphatic rings. The first kappa shape index (κ1) is 33.9. The average molecular weight is 623 g/mol. The molecule has 0 bridgehead atoms. The fourth-order valence-corrected chi connectivity index (χ4v) is 9.38. The van der Waals surface area contributed by atoms with Crippen LogP contribution in [0.25, 0.3) is 0 Å². The molecule has 1 aromatic rings. The Morgan fingerprint density at radius 3 is 2.53 bits per heavy atom. The minimum Gasteiger partial charge on any atom is -0.460 e. The second-order valence-electron chi connectivity index (χ2n) is 15.0. The molecule has 1 aromatic carbocycles. The van der Waals surface area contributed by atoms with Crippen LogP contribution in [0, 0.1) is 40.9 Å². The largest absolute Gasteiger partial charge is 0.460 e. The molecule has 45 heavy (non-hydrogen) atoms. The summed E-state index contributed by atoms with van der Waals surface area (Å²) in [5, 5.41) is 23.2. The highest BCUT2D eigenvalue weighted by atomic mass is 16.6. The second-order valence-corrected chi connectivity index (χ2v) is 15.0. The molecule has 2 N–H and O–H groups in total. The average Bonchev–Trinajstić information content (AvgIpc) is 3.29. The maximum Gasteiger partial charge on any atom is 0.338 e. The van der Waals surface area contributed by atoms with Gasteiger partial charge in [0.25, 0.3) is 0 Å². The molecule has 11 unspecified atom stereocenters. The monoisotopic (exact) mass is 622 g/mol. The van der Waals surface area contributed by atoms with E-state index < -0.39 is 35.8 Å². The van der Waals surface area contributed by atoms with Gasteiger partial charge in [0.2, 0.25) is 0 Å². The summed E-state index contributed by atoms with van der Waals surface area (Å²) >= 11 is 0. The molecule has 0 spiro atoms. The zero-order chi connectivity index (χ0) is 32.7. The number of benzene rings is 1. The van der Waals surface area contributed by atoms with Crippen LogP contribution in [-0.4, -0.2) is 52.2 Å². The maximum atomic E-state index is 13.8. The van der Waals surface area contributed by atoms with E-state index in [1.54, 1.807) is 6.92 Å². The van der Waals surface area contributed by atoms with E-state index in [2.05, 4.69) is 47.3 Å². The number of aliphatic hydroxyl groups excluding tert-OH is 1. The van der Waals surface area contributed by atoms with Gasteiger partial charge in [-0.2, -0.15) is 0 Å². The molecule has 11 atom stereocenters. The number of aliphatic hydroxyl groups is 2. The van der Waals surface area contributed by atoms with Crippen molar-refractivity contribution >= 4 is 11.9 Å². The summed E-state index contributed by atoms with van der Waals surface area (Å²) in [4.78, 5) is 26.4. The van der Waals surface area contributed by atoms with Crippen molar-refractivity contribution in [2.24, 2.45) is 40.9 Å². The van der Waals surface area contributed by atoms with Crippen molar-refractivity contribution in [3.05, 3.63) is 59.7 Å². The molecule has 0 radical (unpaired) electrons. The predicted octanol–water partition coefficient (Wildman–Crippen LogP) is 6.56. The lowest BCUT2D eigenvalue weighted by Crippen LogP contribution is -2.63. The Labute approximate surface area is 269 Å². The van der Waals surface area contributed by atoms with Gasteiger partial charge >= 0.3 is 11.9 Å². The van der Waals surface area contributed by atoms with Crippen LogP contribution in [0.5, 0.6) is 0 Å². The van der Waals surface area contributed by atoms with Crippen molar-refractivity contribution in [3.63, 3.8) is 0 Å². The van der Waals surface area contributed by atoms with Gasteiger partial charge < -0.3 is 24.4 Å². The van der Waals surface area contributed by atoms with E-state index in [-0.39, 0.29) is 47.1 Å². The number of unbranched alkanes of at least 4 members (excludes halogenated alkanes) is 1. The normalized spacial score (nSPS) is 39.8. The first-order chi connectivity index (χ1) is 21.3. The lowest BCUT2D eigenvalue weighted by Gasteiger charge is -2.54. The van der Waals surface area contributed by atoms with Crippen LogP contribution < -0.4 is 0 Å². The summed E-state index contributed by atoms with van der Waals surface area (Å²) in [6.45, 7) is 17.6. The van der Waals surface area contributed by atoms with Crippen molar-refractivity contribution in [1.29, 1.82) is 0 Å². The van der Waals surface area contributed by atoms with Gasteiger partial charge in [0.15, 0.2) is 12.2 Å². The second kappa shape index (κ2) is 13.3. The van der Waals surface area contributed by atoms with Gasteiger partial charge in [-0.25, -0.2) is 9.59 Å². The van der Waals surface area contributed by atoms with Crippen LogP contribution in [-0.2, 0) is 30.4 Å². The SMILES string of the molecule is C=C1C2CC3C(C(C)C)C(OC(=O)C(CCCC)OCc4ccccc4)CC3(C)CC2/C(C)=C\CC2C(C)OC(=O)C(O)C12O. The molecular formula is C38H54O7. The van der Waals surface area contributed by atoms with E-state index in [0.29, 0.717) is 25.0 Å². The Kier molecular flexibility index (Phi) is 10.0. The number of allylic oxidation sites excluding steroid dienone is 2. The molecule has 1 heterocycles. The highest BCUT2D eigenvalue weighted by molar-refractivity contribution is 5.78. The van der Waals surface area contributed by atoms with Gasteiger partial charge in [-0.15, -0.1) is 0 Å². The van der Waals surface area contributed by atoms with E-state index in [1.807, 2.05) is 30.3 Å². The maximum absolute atomic E-state index is 13.8. The van der Waals surface area contributed by atoms with E-state index >= 15 is 0 Å². The fraction of sp³-hybridized carbons (Fsp3) is 0.684.